The van der Waals surface area contributed by atoms with E-state index in [2.05, 4.69) is 0 Å². The Balaban J connectivity index is 1.92. The quantitative estimate of drug-likeness (QED) is 0.649. The first kappa shape index (κ1) is 16.4. The highest BCUT2D eigenvalue weighted by atomic mass is 16.6. The summed E-state index contributed by atoms with van der Waals surface area (Å²) in [5.41, 5.74) is 8.21. The lowest BCUT2D eigenvalue weighted by molar-refractivity contribution is -0.384. The second-order valence-electron chi connectivity index (χ2n) is 5.94. The van der Waals surface area contributed by atoms with E-state index in [0.717, 1.165) is 29.5 Å². The summed E-state index contributed by atoms with van der Waals surface area (Å²) in [4.78, 5) is 10.9. The predicted molar refractivity (Wildman–Crippen MR) is 90.9 cm³/mol. The Bertz CT molecular complexity index is 748. The normalized spacial score (nSPS) is 19.6. The lowest BCUT2D eigenvalue weighted by Crippen LogP contribution is -2.45. The summed E-state index contributed by atoms with van der Waals surface area (Å²) >= 11 is 0. The van der Waals surface area contributed by atoms with E-state index in [-0.39, 0.29) is 17.8 Å². The number of para-hydroxylation sites is 1. The molecule has 126 valence electrons. The van der Waals surface area contributed by atoms with Crippen molar-refractivity contribution in [2.75, 3.05) is 7.11 Å². The van der Waals surface area contributed by atoms with Gasteiger partial charge in [-0.2, -0.15) is 0 Å². The first-order valence-electron chi connectivity index (χ1n) is 7.87. The molecule has 3 rings (SSSR count). The lowest BCUT2D eigenvalue weighted by Gasteiger charge is -2.33. The Morgan fingerprint density at radius 3 is 2.67 bits per heavy atom. The van der Waals surface area contributed by atoms with Crippen LogP contribution >= 0.6 is 0 Å². The molecule has 0 heterocycles. The number of hydrogen-bond donors (Lipinski definition) is 1. The van der Waals surface area contributed by atoms with E-state index in [0.29, 0.717) is 12.4 Å². The van der Waals surface area contributed by atoms with Crippen LogP contribution in [-0.2, 0) is 11.3 Å². The van der Waals surface area contributed by atoms with Crippen LogP contribution in [0.3, 0.4) is 0 Å². The fourth-order valence-corrected chi connectivity index (χ4v) is 2.81. The second-order valence-corrected chi connectivity index (χ2v) is 5.94. The maximum absolute atomic E-state index is 11.3. The van der Waals surface area contributed by atoms with Gasteiger partial charge in [-0.05, 0) is 36.1 Å². The Labute approximate surface area is 140 Å². The average molecular weight is 328 g/mol. The molecule has 2 aromatic rings. The summed E-state index contributed by atoms with van der Waals surface area (Å²) in [7, 11) is 1.58. The third kappa shape index (κ3) is 3.39. The van der Waals surface area contributed by atoms with E-state index in [1.54, 1.807) is 19.2 Å². The number of ether oxygens (including phenoxy) is 2. The minimum Gasteiger partial charge on any atom is -0.496 e. The van der Waals surface area contributed by atoms with E-state index < -0.39 is 4.92 Å². The van der Waals surface area contributed by atoms with Gasteiger partial charge in [-0.25, -0.2) is 0 Å². The lowest BCUT2D eigenvalue weighted by atomic mass is 9.90. The maximum atomic E-state index is 11.3. The summed E-state index contributed by atoms with van der Waals surface area (Å²) in [6.07, 6.45) is 1.95. The molecule has 1 saturated carbocycles. The van der Waals surface area contributed by atoms with Crippen molar-refractivity contribution in [2.24, 2.45) is 5.73 Å². The molecule has 0 spiro atoms. The van der Waals surface area contributed by atoms with E-state index in [9.17, 15) is 10.1 Å². The molecule has 2 atom stereocenters. The monoisotopic (exact) mass is 328 g/mol. The number of non-ortho nitro benzene ring substituents is 1. The fourth-order valence-electron chi connectivity index (χ4n) is 2.81. The Kier molecular flexibility index (Phi) is 4.78. The number of nitro groups is 1. The second kappa shape index (κ2) is 6.98. The molecule has 0 saturated heterocycles. The van der Waals surface area contributed by atoms with Crippen LogP contribution in [0.5, 0.6) is 5.75 Å². The van der Waals surface area contributed by atoms with Crippen molar-refractivity contribution in [3.63, 3.8) is 0 Å². The average Bonchev–Trinajstić information content (AvgIpc) is 2.60. The number of nitro benzene ring substituents is 1. The highest BCUT2D eigenvalue weighted by molar-refractivity contribution is 5.73. The topological polar surface area (TPSA) is 87.6 Å². The Hall–Kier alpha value is -2.44. The van der Waals surface area contributed by atoms with Gasteiger partial charge in [0.05, 0.1) is 24.7 Å². The first-order chi connectivity index (χ1) is 11.6. The molecule has 0 bridgehead atoms. The van der Waals surface area contributed by atoms with E-state index >= 15 is 0 Å². The molecule has 0 radical (unpaired) electrons. The number of nitrogens with two attached hydrogens (primary N) is 1. The van der Waals surface area contributed by atoms with Crippen molar-refractivity contribution < 1.29 is 14.4 Å². The van der Waals surface area contributed by atoms with Gasteiger partial charge >= 0.3 is 0 Å². The van der Waals surface area contributed by atoms with Gasteiger partial charge in [0.15, 0.2) is 0 Å². The van der Waals surface area contributed by atoms with Crippen molar-refractivity contribution in [2.45, 2.75) is 31.6 Å². The van der Waals surface area contributed by atoms with E-state index in [1.165, 1.54) is 0 Å². The van der Waals surface area contributed by atoms with Crippen LogP contribution in [0.15, 0.2) is 42.5 Å². The zero-order valence-corrected chi connectivity index (χ0v) is 13.5. The van der Waals surface area contributed by atoms with Crippen LogP contribution in [0.4, 0.5) is 5.69 Å². The molecule has 0 aliphatic heterocycles. The van der Waals surface area contributed by atoms with Crippen molar-refractivity contribution in [1.29, 1.82) is 0 Å². The van der Waals surface area contributed by atoms with Crippen LogP contribution in [0.25, 0.3) is 11.1 Å². The summed E-state index contributed by atoms with van der Waals surface area (Å²) in [6, 6.07) is 12.5. The summed E-state index contributed by atoms with van der Waals surface area (Å²) < 4.78 is 11.1. The summed E-state index contributed by atoms with van der Waals surface area (Å²) in [5, 5.41) is 11.3. The molecule has 2 N–H and O–H groups in total. The van der Waals surface area contributed by atoms with Gasteiger partial charge in [-0.3, -0.25) is 10.1 Å². The molecule has 0 unspecified atom stereocenters. The van der Waals surface area contributed by atoms with Crippen LogP contribution in [-0.4, -0.2) is 24.2 Å². The summed E-state index contributed by atoms with van der Waals surface area (Å²) in [6.45, 7) is 0.308. The molecule has 24 heavy (non-hydrogen) atoms. The van der Waals surface area contributed by atoms with Gasteiger partial charge < -0.3 is 15.2 Å². The highest BCUT2D eigenvalue weighted by Crippen LogP contribution is 2.33. The number of methoxy groups -OCH3 is 1. The molecule has 6 heteroatoms. The Morgan fingerprint density at radius 2 is 2.04 bits per heavy atom. The molecule has 1 aliphatic rings. The van der Waals surface area contributed by atoms with Crippen molar-refractivity contribution in [3.8, 4) is 16.9 Å². The number of nitrogens with zero attached hydrogens (tertiary/aromatic N) is 1. The van der Waals surface area contributed by atoms with Gasteiger partial charge in [-0.1, -0.05) is 18.2 Å². The third-order valence-electron chi connectivity index (χ3n) is 4.33. The van der Waals surface area contributed by atoms with Crippen LogP contribution in [0.2, 0.25) is 0 Å². The number of rotatable bonds is 6. The third-order valence-corrected chi connectivity index (χ3v) is 4.33. The smallest absolute Gasteiger partial charge is 0.270 e. The van der Waals surface area contributed by atoms with Gasteiger partial charge in [0.25, 0.3) is 5.69 Å². The molecule has 1 fully saturated rings. The van der Waals surface area contributed by atoms with Crippen LogP contribution in [0, 0.1) is 10.1 Å². The minimum atomic E-state index is -0.391. The highest BCUT2D eigenvalue weighted by Gasteiger charge is 2.28. The molecule has 0 aromatic heterocycles. The van der Waals surface area contributed by atoms with Gasteiger partial charge in [0.1, 0.15) is 5.75 Å². The number of benzene rings is 2. The largest absolute Gasteiger partial charge is 0.496 e. The molecule has 2 aromatic carbocycles. The van der Waals surface area contributed by atoms with Crippen molar-refractivity contribution in [3.05, 3.63) is 58.1 Å². The standard InChI is InChI=1S/C18H20N2O4/c1-23-17-5-3-2-4-15(17)13-8-12(9-14(10-13)20(21)22)11-24-18-7-6-16(18)19/h2-5,8-10,16,18H,6-7,11,19H2,1H3/t16-,18-/m1/s1. The maximum Gasteiger partial charge on any atom is 0.270 e. The van der Waals surface area contributed by atoms with E-state index in [1.807, 2.05) is 30.3 Å². The zero-order valence-electron chi connectivity index (χ0n) is 13.5. The van der Waals surface area contributed by atoms with Gasteiger partial charge in [0, 0.05) is 23.7 Å². The molecular formula is C18H20N2O4. The molecule has 1 aliphatic carbocycles. The number of hydrogen-bond acceptors (Lipinski definition) is 5. The van der Waals surface area contributed by atoms with Gasteiger partial charge in [-0.15, -0.1) is 0 Å². The Morgan fingerprint density at radius 1 is 1.25 bits per heavy atom. The van der Waals surface area contributed by atoms with Gasteiger partial charge in [0.2, 0.25) is 0 Å². The van der Waals surface area contributed by atoms with Crippen LogP contribution < -0.4 is 10.5 Å². The first-order valence-corrected chi connectivity index (χ1v) is 7.87. The van der Waals surface area contributed by atoms with E-state index in [4.69, 9.17) is 15.2 Å². The van der Waals surface area contributed by atoms with Crippen molar-refractivity contribution >= 4 is 5.69 Å². The van der Waals surface area contributed by atoms with Crippen LogP contribution in [0.1, 0.15) is 18.4 Å². The molecule has 0 amide bonds. The van der Waals surface area contributed by atoms with Crippen molar-refractivity contribution in [1.82, 2.24) is 0 Å². The minimum absolute atomic E-state index is 0.0370. The zero-order chi connectivity index (χ0) is 17.1. The predicted octanol–water partition coefficient (Wildman–Crippen LogP) is 3.28. The summed E-state index contributed by atoms with van der Waals surface area (Å²) in [5.74, 6) is 0.672. The fraction of sp³-hybridized carbons (Fsp3) is 0.333. The molecular weight excluding hydrogens is 308 g/mol. The molecule has 6 nitrogen and oxygen atoms in total. The SMILES string of the molecule is COc1ccccc1-c1cc(CO[C@@H]2CC[C@H]2N)cc([N+](=O)[O-])c1.